The molecular formula is C27H37Cl2N3O4S. The molecule has 0 aliphatic heterocycles. The van der Waals surface area contributed by atoms with E-state index in [0.717, 1.165) is 29.0 Å². The highest BCUT2D eigenvalue weighted by Crippen LogP contribution is 2.27. The van der Waals surface area contributed by atoms with Gasteiger partial charge in [0.25, 0.3) is 0 Å². The van der Waals surface area contributed by atoms with Crippen molar-refractivity contribution in [1.29, 1.82) is 0 Å². The molecule has 0 spiro atoms. The highest BCUT2D eigenvalue weighted by Gasteiger charge is 2.30. The maximum atomic E-state index is 13.6. The van der Waals surface area contributed by atoms with Crippen LogP contribution in [0.2, 0.25) is 10.0 Å². The molecule has 2 rings (SSSR count). The standard InChI is InChI=1S/C27H37Cl2N3O4S/c1-7-8-15-30-26(34)19(2)31(17-20-9-12-22(28)16-24(20)29)25(33)18-32(37(6,35)36)23-13-10-21(11-14-23)27(3,4)5/h9-14,16,19H,7-8,15,17-18H2,1-6H3,(H,30,34)/t19-/m1/s1. The van der Waals surface area contributed by atoms with Crippen LogP contribution in [0.5, 0.6) is 0 Å². The Hall–Kier alpha value is -2.29. The second-order valence-corrected chi connectivity index (χ2v) is 12.9. The van der Waals surface area contributed by atoms with Gasteiger partial charge in [0.1, 0.15) is 12.6 Å². The summed E-state index contributed by atoms with van der Waals surface area (Å²) in [6.45, 7) is 9.85. The zero-order chi connectivity index (χ0) is 28.0. The highest BCUT2D eigenvalue weighted by atomic mass is 35.5. The summed E-state index contributed by atoms with van der Waals surface area (Å²) in [7, 11) is -3.80. The second kappa shape index (κ2) is 13.0. The summed E-state index contributed by atoms with van der Waals surface area (Å²) in [6, 6.07) is 11.1. The Bertz CT molecular complexity index is 1200. The largest absolute Gasteiger partial charge is 0.354 e. The van der Waals surface area contributed by atoms with Gasteiger partial charge in [-0.3, -0.25) is 13.9 Å². The molecule has 7 nitrogen and oxygen atoms in total. The Morgan fingerprint density at radius 3 is 2.19 bits per heavy atom. The van der Waals surface area contributed by atoms with Crippen molar-refractivity contribution in [3.05, 3.63) is 63.6 Å². The predicted molar refractivity (Wildman–Crippen MR) is 152 cm³/mol. The lowest BCUT2D eigenvalue weighted by atomic mass is 9.87. The van der Waals surface area contributed by atoms with Crippen LogP contribution in [0.15, 0.2) is 42.5 Å². The van der Waals surface area contributed by atoms with Gasteiger partial charge in [0, 0.05) is 23.1 Å². The molecule has 1 N–H and O–H groups in total. The number of benzene rings is 2. The molecule has 2 aromatic rings. The number of carbonyl (C=O) groups is 2. The zero-order valence-corrected chi connectivity index (χ0v) is 24.7. The molecule has 2 aromatic carbocycles. The summed E-state index contributed by atoms with van der Waals surface area (Å²) >= 11 is 12.4. The SMILES string of the molecule is CCCCNC(=O)[C@@H](C)N(Cc1ccc(Cl)cc1Cl)C(=O)CN(c1ccc(C(C)(C)C)cc1)S(C)(=O)=O. The average Bonchev–Trinajstić information content (AvgIpc) is 2.80. The summed E-state index contributed by atoms with van der Waals surface area (Å²) in [5.41, 5.74) is 1.88. The van der Waals surface area contributed by atoms with Crippen molar-refractivity contribution >= 4 is 50.7 Å². The van der Waals surface area contributed by atoms with E-state index in [1.54, 1.807) is 37.3 Å². The van der Waals surface area contributed by atoms with E-state index in [9.17, 15) is 18.0 Å². The van der Waals surface area contributed by atoms with E-state index >= 15 is 0 Å². The Labute approximate surface area is 231 Å². The molecule has 0 saturated carbocycles. The van der Waals surface area contributed by atoms with E-state index in [1.165, 1.54) is 4.90 Å². The van der Waals surface area contributed by atoms with Gasteiger partial charge >= 0.3 is 0 Å². The van der Waals surface area contributed by atoms with Crippen molar-refractivity contribution in [3.8, 4) is 0 Å². The van der Waals surface area contributed by atoms with E-state index < -0.39 is 28.5 Å². The fraction of sp³-hybridized carbons (Fsp3) is 0.481. The molecular weight excluding hydrogens is 533 g/mol. The number of halogens is 2. The van der Waals surface area contributed by atoms with E-state index in [4.69, 9.17) is 23.2 Å². The number of nitrogens with zero attached hydrogens (tertiary/aromatic N) is 2. The van der Waals surface area contributed by atoms with E-state index in [2.05, 4.69) is 26.1 Å². The Kier molecular flexibility index (Phi) is 10.9. The van der Waals surface area contributed by atoms with Gasteiger partial charge in [-0.25, -0.2) is 8.42 Å². The van der Waals surface area contributed by atoms with Crippen LogP contribution < -0.4 is 9.62 Å². The number of carbonyl (C=O) groups excluding carboxylic acids is 2. The average molecular weight is 571 g/mol. The smallest absolute Gasteiger partial charge is 0.244 e. The molecule has 0 heterocycles. The van der Waals surface area contributed by atoms with Gasteiger partial charge in [0.2, 0.25) is 21.8 Å². The first-order chi connectivity index (χ1) is 17.1. The molecule has 0 saturated heterocycles. The van der Waals surface area contributed by atoms with Gasteiger partial charge in [-0.15, -0.1) is 0 Å². The molecule has 2 amide bonds. The molecule has 0 bridgehead atoms. The molecule has 204 valence electrons. The summed E-state index contributed by atoms with van der Waals surface area (Å²) in [5.74, 6) is -0.859. The van der Waals surface area contributed by atoms with Crippen LogP contribution in [0.25, 0.3) is 0 Å². The minimum Gasteiger partial charge on any atom is -0.354 e. The van der Waals surface area contributed by atoms with Gasteiger partial charge in [-0.2, -0.15) is 0 Å². The van der Waals surface area contributed by atoms with Gasteiger partial charge in [-0.05, 0) is 54.2 Å². The number of hydrogen-bond donors (Lipinski definition) is 1. The Morgan fingerprint density at radius 1 is 1.05 bits per heavy atom. The Morgan fingerprint density at radius 2 is 1.68 bits per heavy atom. The molecule has 0 aliphatic rings. The number of anilines is 1. The monoisotopic (exact) mass is 569 g/mol. The summed E-state index contributed by atoms with van der Waals surface area (Å²) in [5, 5.41) is 3.64. The number of rotatable bonds is 11. The van der Waals surface area contributed by atoms with Crippen molar-refractivity contribution < 1.29 is 18.0 Å². The third-order valence-electron chi connectivity index (χ3n) is 6.05. The van der Waals surface area contributed by atoms with E-state index in [-0.39, 0.29) is 17.9 Å². The first-order valence-electron chi connectivity index (χ1n) is 12.2. The summed E-state index contributed by atoms with van der Waals surface area (Å²) < 4.78 is 26.5. The number of unbranched alkanes of at least 4 members (excludes halogenated alkanes) is 1. The second-order valence-electron chi connectivity index (χ2n) is 10.1. The zero-order valence-electron chi connectivity index (χ0n) is 22.3. The maximum Gasteiger partial charge on any atom is 0.244 e. The molecule has 0 aromatic heterocycles. The normalized spacial score (nSPS) is 12.6. The van der Waals surface area contributed by atoms with E-state index in [1.807, 2.05) is 19.1 Å². The molecule has 1 atom stereocenters. The van der Waals surface area contributed by atoms with Crippen molar-refractivity contribution in [2.24, 2.45) is 0 Å². The number of hydrogen-bond acceptors (Lipinski definition) is 4. The fourth-order valence-corrected chi connectivity index (χ4v) is 5.01. The topological polar surface area (TPSA) is 86.8 Å². The summed E-state index contributed by atoms with van der Waals surface area (Å²) in [4.78, 5) is 27.9. The van der Waals surface area contributed by atoms with Crippen molar-refractivity contribution in [2.75, 3.05) is 23.7 Å². The lowest BCUT2D eigenvalue weighted by Gasteiger charge is -2.32. The van der Waals surface area contributed by atoms with Gasteiger partial charge in [0.15, 0.2) is 0 Å². The minimum atomic E-state index is -3.80. The highest BCUT2D eigenvalue weighted by molar-refractivity contribution is 7.92. The van der Waals surface area contributed by atoms with Crippen molar-refractivity contribution in [1.82, 2.24) is 10.2 Å². The van der Waals surface area contributed by atoms with Crippen LogP contribution in [-0.4, -0.2) is 50.5 Å². The first kappa shape index (κ1) is 30.9. The lowest BCUT2D eigenvalue weighted by Crippen LogP contribution is -2.51. The quantitative estimate of drug-likeness (QED) is 0.367. The van der Waals surface area contributed by atoms with Crippen LogP contribution in [0.3, 0.4) is 0 Å². The third-order valence-corrected chi connectivity index (χ3v) is 7.78. The van der Waals surface area contributed by atoms with Crippen molar-refractivity contribution in [2.45, 2.75) is 65.5 Å². The third kappa shape index (κ3) is 8.90. The lowest BCUT2D eigenvalue weighted by molar-refractivity contribution is -0.139. The Balaban J connectivity index is 2.40. The molecule has 0 unspecified atom stereocenters. The number of amides is 2. The molecule has 37 heavy (non-hydrogen) atoms. The predicted octanol–water partition coefficient (Wildman–Crippen LogP) is 5.39. The first-order valence-corrected chi connectivity index (χ1v) is 14.8. The minimum absolute atomic E-state index is 0.0117. The molecule has 0 fully saturated rings. The van der Waals surface area contributed by atoms with Crippen molar-refractivity contribution in [3.63, 3.8) is 0 Å². The molecule has 0 aliphatic carbocycles. The summed E-state index contributed by atoms with van der Waals surface area (Å²) in [6.07, 6.45) is 2.77. The number of sulfonamides is 1. The van der Waals surface area contributed by atoms with Gasteiger partial charge in [-0.1, -0.05) is 75.5 Å². The van der Waals surface area contributed by atoms with Crippen LogP contribution in [0, 0.1) is 0 Å². The molecule has 0 radical (unpaired) electrons. The molecule has 10 heteroatoms. The maximum absolute atomic E-state index is 13.6. The van der Waals surface area contributed by atoms with Crippen LogP contribution in [0.4, 0.5) is 5.69 Å². The van der Waals surface area contributed by atoms with Crippen LogP contribution >= 0.6 is 23.2 Å². The van der Waals surface area contributed by atoms with Crippen LogP contribution in [-0.2, 0) is 31.6 Å². The fourth-order valence-electron chi connectivity index (χ4n) is 3.69. The number of nitrogens with one attached hydrogen (secondary N) is 1. The van der Waals surface area contributed by atoms with Gasteiger partial charge in [0.05, 0.1) is 11.9 Å². The van der Waals surface area contributed by atoms with Gasteiger partial charge < -0.3 is 10.2 Å². The van der Waals surface area contributed by atoms with E-state index in [0.29, 0.717) is 27.8 Å². The van der Waals surface area contributed by atoms with Crippen LogP contribution in [0.1, 0.15) is 58.6 Å².